The first kappa shape index (κ1) is 9.24. The zero-order valence-corrected chi connectivity index (χ0v) is 7.73. The Morgan fingerprint density at radius 2 is 1.75 bits per heavy atom. The molecule has 66 valence electrons. The number of halogens is 1. The van der Waals surface area contributed by atoms with Crippen molar-refractivity contribution >= 4 is 0 Å². The van der Waals surface area contributed by atoms with Crippen LogP contribution in [0.25, 0.3) is 0 Å². The van der Waals surface area contributed by atoms with Crippen molar-refractivity contribution in [3.63, 3.8) is 0 Å². The third kappa shape index (κ3) is 1.84. The van der Waals surface area contributed by atoms with Crippen molar-refractivity contribution in [1.82, 2.24) is 0 Å². The van der Waals surface area contributed by atoms with E-state index in [4.69, 9.17) is 0 Å². The van der Waals surface area contributed by atoms with Gasteiger partial charge >= 0.3 is 0 Å². The fraction of sp³-hybridized carbons (Fsp3) is 0.455. The standard InChI is InChI=1S/C9H9F.C2H6/c10-9-5-4-7-2-1-3-8(7)6-9;1-2/h4-6H,1-3H2;1-2H3. The molecule has 0 saturated heterocycles. The molecule has 1 aromatic carbocycles. The average Bonchev–Trinajstić information content (AvgIpc) is 2.54. The second-order valence-electron chi connectivity index (χ2n) is 2.77. The predicted octanol–water partition coefficient (Wildman–Crippen LogP) is 3.34. The van der Waals surface area contributed by atoms with Gasteiger partial charge in [-0.1, -0.05) is 19.9 Å². The monoisotopic (exact) mass is 166 g/mol. The van der Waals surface area contributed by atoms with E-state index in [1.807, 2.05) is 19.9 Å². The molecule has 0 radical (unpaired) electrons. The molecular formula is C11H15F. The molecule has 0 aliphatic heterocycles. The van der Waals surface area contributed by atoms with Crippen LogP contribution in [0.1, 0.15) is 31.4 Å². The molecule has 12 heavy (non-hydrogen) atoms. The summed E-state index contributed by atoms with van der Waals surface area (Å²) in [5.41, 5.74) is 2.54. The zero-order valence-electron chi connectivity index (χ0n) is 7.73. The van der Waals surface area contributed by atoms with Crippen LogP contribution >= 0.6 is 0 Å². The van der Waals surface area contributed by atoms with Gasteiger partial charge in [-0.15, -0.1) is 0 Å². The summed E-state index contributed by atoms with van der Waals surface area (Å²) < 4.78 is 12.6. The summed E-state index contributed by atoms with van der Waals surface area (Å²) in [5, 5.41) is 0. The fourth-order valence-electron chi connectivity index (χ4n) is 1.54. The largest absolute Gasteiger partial charge is 0.207 e. The number of hydrogen-bond donors (Lipinski definition) is 0. The average molecular weight is 166 g/mol. The topological polar surface area (TPSA) is 0 Å². The quantitative estimate of drug-likeness (QED) is 0.554. The van der Waals surface area contributed by atoms with Crippen LogP contribution < -0.4 is 0 Å². The van der Waals surface area contributed by atoms with Gasteiger partial charge in [0.1, 0.15) is 5.82 Å². The number of rotatable bonds is 0. The van der Waals surface area contributed by atoms with E-state index in [1.54, 1.807) is 12.1 Å². The Hall–Kier alpha value is -0.850. The Kier molecular flexibility index (Phi) is 3.27. The zero-order chi connectivity index (χ0) is 8.97. The van der Waals surface area contributed by atoms with Crippen LogP contribution in [0.3, 0.4) is 0 Å². The van der Waals surface area contributed by atoms with Crippen LogP contribution in [0.5, 0.6) is 0 Å². The Balaban J connectivity index is 0.000000336. The van der Waals surface area contributed by atoms with Gasteiger partial charge in [-0.3, -0.25) is 0 Å². The number of aryl methyl sites for hydroxylation is 2. The summed E-state index contributed by atoms with van der Waals surface area (Å²) in [6.07, 6.45) is 3.39. The highest BCUT2D eigenvalue weighted by Crippen LogP contribution is 2.21. The van der Waals surface area contributed by atoms with Crippen molar-refractivity contribution in [2.75, 3.05) is 0 Å². The van der Waals surface area contributed by atoms with Crippen LogP contribution in [-0.2, 0) is 12.8 Å². The van der Waals surface area contributed by atoms with E-state index in [0.717, 1.165) is 12.8 Å². The summed E-state index contributed by atoms with van der Waals surface area (Å²) in [6.45, 7) is 4.00. The maximum Gasteiger partial charge on any atom is 0.123 e. The molecule has 1 aliphatic rings. The maximum atomic E-state index is 12.6. The lowest BCUT2D eigenvalue weighted by Gasteiger charge is -1.95. The Labute approximate surface area is 73.4 Å². The van der Waals surface area contributed by atoms with E-state index >= 15 is 0 Å². The second-order valence-corrected chi connectivity index (χ2v) is 2.77. The minimum atomic E-state index is -0.0966. The van der Waals surface area contributed by atoms with Gasteiger partial charge in [-0.2, -0.15) is 0 Å². The van der Waals surface area contributed by atoms with Gasteiger partial charge in [0.15, 0.2) is 0 Å². The Bertz CT molecular complexity index is 253. The van der Waals surface area contributed by atoms with Crippen LogP contribution in [0.15, 0.2) is 18.2 Å². The minimum absolute atomic E-state index is 0.0966. The van der Waals surface area contributed by atoms with Gasteiger partial charge in [-0.05, 0) is 42.5 Å². The molecule has 2 rings (SSSR count). The lowest BCUT2D eigenvalue weighted by Crippen LogP contribution is -1.82. The van der Waals surface area contributed by atoms with E-state index in [-0.39, 0.29) is 5.82 Å². The van der Waals surface area contributed by atoms with Gasteiger partial charge in [-0.25, -0.2) is 4.39 Å². The molecule has 1 aromatic rings. The smallest absolute Gasteiger partial charge is 0.123 e. The van der Waals surface area contributed by atoms with Crippen molar-refractivity contribution in [1.29, 1.82) is 0 Å². The Morgan fingerprint density at radius 3 is 2.50 bits per heavy atom. The maximum absolute atomic E-state index is 12.6. The van der Waals surface area contributed by atoms with E-state index in [2.05, 4.69) is 0 Å². The molecule has 0 bridgehead atoms. The van der Waals surface area contributed by atoms with Crippen molar-refractivity contribution in [3.8, 4) is 0 Å². The molecule has 0 unspecified atom stereocenters. The van der Waals surface area contributed by atoms with Crippen molar-refractivity contribution < 1.29 is 4.39 Å². The molecule has 0 amide bonds. The van der Waals surface area contributed by atoms with Gasteiger partial charge in [0, 0.05) is 0 Å². The number of fused-ring (bicyclic) bond motifs is 1. The number of hydrogen-bond acceptors (Lipinski definition) is 0. The van der Waals surface area contributed by atoms with Crippen LogP contribution in [-0.4, -0.2) is 0 Å². The first-order valence-electron chi connectivity index (χ1n) is 4.63. The number of benzene rings is 1. The van der Waals surface area contributed by atoms with E-state index < -0.39 is 0 Å². The summed E-state index contributed by atoms with van der Waals surface area (Å²) in [6, 6.07) is 5.10. The third-order valence-corrected chi connectivity index (χ3v) is 2.06. The SMILES string of the molecule is CC.Fc1ccc2c(c1)CCC2. The molecule has 0 atom stereocenters. The highest BCUT2D eigenvalue weighted by atomic mass is 19.1. The van der Waals surface area contributed by atoms with Crippen LogP contribution in [0.4, 0.5) is 4.39 Å². The molecule has 0 aromatic heterocycles. The molecule has 1 aliphatic carbocycles. The highest BCUT2D eigenvalue weighted by molar-refractivity contribution is 5.31. The normalized spacial score (nSPS) is 13.2. The van der Waals surface area contributed by atoms with E-state index in [0.29, 0.717) is 0 Å². The summed E-state index contributed by atoms with van der Waals surface area (Å²) in [4.78, 5) is 0. The van der Waals surface area contributed by atoms with Crippen molar-refractivity contribution in [3.05, 3.63) is 35.1 Å². The molecule has 1 heteroatoms. The van der Waals surface area contributed by atoms with Gasteiger partial charge in [0.05, 0.1) is 0 Å². The second kappa shape index (κ2) is 4.24. The first-order valence-corrected chi connectivity index (χ1v) is 4.63. The third-order valence-electron chi connectivity index (χ3n) is 2.06. The summed E-state index contributed by atoms with van der Waals surface area (Å²) in [7, 11) is 0. The lowest BCUT2D eigenvalue weighted by atomic mass is 10.1. The lowest BCUT2D eigenvalue weighted by molar-refractivity contribution is 0.626. The van der Waals surface area contributed by atoms with Gasteiger partial charge < -0.3 is 0 Å². The molecule has 0 nitrogen and oxygen atoms in total. The van der Waals surface area contributed by atoms with E-state index in [1.165, 1.54) is 17.5 Å². The molecule has 0 N–H and O–H groups in total. The predicted molar refractivity (Wildman–Crippen MR) is 49.8 cm³/mol. The Morgan fingerprint density at radius 1 is 1.08 bits per heavy atom. The molecular weight excluding hydrogens is 151 g/mol. The molecule has 0 spiro atoms. The first-order chi connectivity index (χ1) is 5.86. The molecule has 0 fully saturated rings. The minimum Gasteiger partial charge on any atom is -0.207 e. The van der Waals surface area contributed by atoms with E-state index in [9.17, 15) is 4.39 Å². The summed E-state index contributed by atoms with van der Waals surface area (Å²) >= 11 is 0. The van der Waals surface area contributed by atoms with Crippen molar-refractivity contribution in [2.45, 2.75) is 33.1 Å². The van der Waals surface area contributed by atoms with Crippen LogP contribution in [0, 0.1) is 5.82 Å². The fourth-order valence-corrected chi connectivity index (χ4v) is 1.54. The highest BCUT2D eigenvalue weighted by Gasteiger charge is 2.09. The summed E-state index contributed by atoms with van der Waals surface area (Å²) in [5.74, 6) is -0.0966. The molecule has 0 heterocycles. The van der Waals surface area contributed by atoms with Gasteiger partial charge in [0.2, 0.25) is 0 Å². The van der Waals surface area contributed by atoms with Gasteiger partial charge in [0.25, 0.3) is 0 Å². The van der Waals surface area contributed by atoms with Crippen molar-refractivity contribution in [2.24, 2.45) is 0 Å². The van der Waals surface area contributed by atoms with Crippen LogP contribution in [0.2, 0.25) is 0 Å². The molecule has 0 saturated carbocycles.